The van der Waals surface area contributed by atoms with Crippen molar-refractivity contribution in [2.24, 2.45) is 0 Å². The highest BCUT2D eigenvalue weighted by molar-refractivity contribution is 5.95. The third-order valence-electron chi connectivity index (χ3n) is 3.30. The molecule has 1 amide bonds. The molecule has 1 heterocycles. The van der Waals surface area contributed by atoms with E-state index in [1.54, 1.807) is 4.90 Å². The molecule has 0 atom stereocenters. The maximum absolute atomic E-state index is 12.1. The number of likely N-dealkylation sites (tertiary alicyclic amines) is 1. The van der Waals surface area contributed by atoms with Crippen LogP contribution in [0.4, 0.5) is 8.78 Å². The molecule has 0 spiro atoms. The molecule has 1 N–H and O–H groups in total. The van der Waals surface area contributed by atoms with Crippen LogP contribution in [0.1, 0.15) is 30.1 Å². The fourth-order valence-corrected chi connectivity index (χ4v) is 2.39. The third-order valence-corrected chi connectivity index (χ3v) is 3.30. The summed E-state index contributed by atoms with van der Waals surface area (Å²) in [4.78, 5) is 13.6. The Kier molecular flexibility index (Phi) is 4.23. The van der Waals surface area contributed by atoms with E-state index in [-0.39, 0.29) is 11.7 Å². The highest BCUT2D eigenvalue weighted by atomic mass is 19.3. The Morgan fingerprint density at radius 3 is 2.50 bits per heavy atom. The van der Waals surface area contributed by atoms with E-state index in [2.05, 4.69) is 4.74 Å². The number of carbonyl (C=O) groups is 1. The molecular weight excluding hydrogens is 268 g/mol. The largest absolute Gasteiger partial charge is 0.435 e. The van der Waals surface area contributed by atoms with Gasteiger partial charge in [-0.25, -0.2) is 0 Å². The zero-order chi connectivity index (χ0) is 14.8. The van der Waals surface area contributed by atoms with Gasteiger partial charge in [0, 0.05) is 5.56 Å². The van der Waals surface area contributed by atoms with Crippen molar-refractivity contribution in [1.29, 1.82) is 0 Å². The van der Waals surface area contributed by atoms with Gasteiger partial charge in [0.25, 0.3) is 5.91 Å². The first-order valence-corrected chi connectivity index (χ1v) is 6.50. The van der Waals surface area contributed by atoms with Gasteiger partial charge in [-0.1, -0.05) is 13.3 Å². The first kappa shape index (κ1) is 14.7. The number of halogens is 2. The predicted octanol–water partition coefficient (Wildman–Crippen LogP) is 2.28. The lowest BCUT2D eigenvalue weighted by Gasteiger charge is -2.46. The zero-order valence-electron chi connectivity index (χ0n) is 11.2. The SMILES string of the molecule is CCCC1(O)CN(C(=O)c2ccc(OC(F)F)cc2)C1. The van der Waals surface area contributed by atoms with Crippen LogP contribution < -0.4 is 4.74 Å². The van der Waals surface area contributed by atoms with Crippen molar-refractivity contribution >= 4 is 5.91 Å². The second-order valence-electron chi connectivity index (χ2n) is 5.04. The number of ether oxygens (including phenoxy) is 1. The topological polar surface area (TPSA) is 49.8 Å². The van der Waals surface area contributed by atoms with E-state index in [1.807, 2.05) is 6.92 Å². The second kappa shape index (κ2) is 5.75. The van der Waals surface area contributed by atoms with E-state index < -0.39 is 12.2 Å². The van der Waals surface area contributed by atoms with Crippen LogP contribution in [0, 0.1) is 0 Å². The Balaban J connectivity index is 1.94. The molecular formula is C14H17F2NO3. The van der Waals surface area contributed by atoms with Gasteiger partial charge < -0.3 is 14.7 Å². The van der Waals surface area contributed by atoms with Gasteiger partial charge in [0.2, 0.25) is 0 Å². The van der Waals surface area contributed by atoms with Crippen molar-refractivity contribution in [3.8, 4) is 5.75 Å². The minimum Gasteiger partial charge on any atom is -0.435 e. The summed E-state index contributed by atoms with van der Waals surface area (Å²) in [6, 6.07) is 5.54. The van der Waals surface area contributed by atoms with Gasteiger partial charge in [-0.05, 0) is 30.7 Å². The Hall–Kier alpha value is -1.69. The molecule has 110 valence electrons. The molecule has 1 fully saturated rings. The summed E-state index contributed by atoms with van der Waals surface area (Å²) >= 11 is 0. The number of aliphatic hydroxyl groups is 1. The molecule has 1 aliphatic rings. The molecule has 0 bridgehead atoms. The molecule has 2 rings (SSSR count). The summed E-state index contributed by atoms with van der Waals surface area (Å²) in [5.41, 5.74) is -0.381. The lowest BCUT2D eigenvalue weighted by molar-refractivity contribution is -0.0860. The number of hydrogen-bond donors (Lipinski definition) is 1. The Morgan fingerprint density at radius 2 is 2.00 bits per heavy atom. The lowest BCUT2D eigenvalue weighted by atomic mass is 9.89. The van der Waals surface area contributed by atoms with Crippen LogP contribution in [-0.2, 0) is 0 Å². The van der Waals surface area contributed by atoms with Gasteiger partial charge >= 0.3 is 6.61 Å². The minimum atomic E-state index is -2.88. The Bertz CT molecular complexity index is 470. The first-order chi connectivity index (χ1) is 9.43. The van der Waals surface area contributed by atoms with Gasteiger partial charge in [-0.2, -0.15) is 8.78 Å². The molecule has 0 saturated carbocycles. The molecule has 4 nitrogen and oxygen atoms in total. The van der Waals surface area contributed by atoms with Crippen LogP contribution in [-0.4, -0.2) is 41.2 Å². The van der Waals surface area contributed by atoms with E-state index in [4.69, 9.17) is 0 Å². The maximum Gasteiger partial charge on any atom is 0.387 e. The summed E-state index contributed by atoms with van der Waals surface area (Å²) in [6.07, 6.45) is 1.52. The summed E-state index contributed by atoms with van der Waals surface area (Å²) in [5.74, 6) is -0.197. The number of alkyl halides is 2. The second-order valence-corrected chi connectivity index (χ2v) is 5.04. The predicted molar refractivity (Wildman–Crippen MR) is 68.8 cm³/mol. The number of rotatable bonds is 5. The normalized spacial score (nSPS) is 16.9. The number of β-amino-alcohol motifs (C(OH)–C–C–N with tert-alkyl or cyclic N) is 1. The van der Waals surface area contributed by atoms with Crippen molar-refractivity contribution in [1.82, 2.24) is 4.90 Å². The van der Waals surface area contributed by atoms with E-state index in [0.717, 1.165) is 6.42 Å². The summed E-state index contributed by atoms with van der Waals surface area (Å²) in [6.45, 7) is -0.273. The van der Waals surface area contributed by atoms with Crippen LogP contribution in [0.25, 0.3) is 0 Å². The van der Waals surface area contributed by atoms with E-state index in [9.17, 15) is 18.7 Å². The average molecular weight is 285 g/mol. The highest BCUT2D eigenvalue weighted by Gasteiger charge is 2.42. The van der Waals surface area contributed by atoms with Crippen molar-refractivity contribution in [3.05, 3.63) is 29.8 Å². The highest BCUT2D eigenvalue weighted by Crippen LogP contribution is 2.27. The molecule has 0 aliphatic carbocycles. The maximum atomic E-state index is 12.1. The third kappa shape index (κ3) is 3.25. The standard InChI is InChI=1S/C14H17F2NO3/c1-2-7-14(19)8-17(9-14)12(18)10-3-5-11(6-4-10)20-13(15)16/h3-6,13,19H,2,7-9H2,1H3. The van der Waals surface area contributed by atoms with Gasteiger partial charge in [0.05, 0.1) is 18.7 Å². The van der Waals surface area contributed by atoms with Crippen LogP contribution in [0.3, 0.4) is 0 Å². The van der Waals surface area contributed by atoms with Crippen LogP contribution in [0.5, 0.6) is 5.75 Å². The molecule has 6 heteroatoms. The number of amides is 1. The van der Waals surface area contributed by atoms with Gasteiger partial charge in [-0.15, -0.1) is 0 Å². The van der Waals surface area contributed by atoms with Crippen molar-refractivity contribution in [3.63, 3.8) is 0 Å². The van der Waals surface area contributed by atoms with Crippen molar-refractivity contribution in [2.75, 3.05) is 13.1 Å². The molecule has 0 aromatic heterocycles. The lowest BCUT2D eigenvalue weighted by Crippen LogP contribution is -2.63. The summed E-state index contributed by atoms with van der Waals surface area (Å²) < 4.78 is 28.2. The average Bonchev–Trinajstić information content (AvgIpc) is 2.35. The van der Waals surface area contributed by atoms with Gasteiger partial charge in [0.15, 0.2) is 0 Å². The molecule has 1 saturated heterocycles. The quantitative estimate of drug-likeness (QED) is 0.903. The van der Waals surface area contributed by atoms with Gasteiger partial charge in [0.1, 0.15) is 5.75 Å². The molecule has 1 aliphatic heterocycles. The van der Waals surface area contributed by atoms with E-state index >= 15 is 0 Å². The van der Waals surface area contributed by atoms with Crippen molar-refractivity contribution in [2.45, 2.75) is 32.0 Å². The summed E-state index contributed by atoms with van der Waals surface area (Å²) in [7, 11) is 0. The number of nitrogens with zero attached hydrogens (tertiary/aromatic N) is 1. The molecule has 1 aromatic rings. The van der Waals surface area contributed by atoms with Gasteiger partial charge in [-0.3, -0.25) is 4.79 Å². The number of carbonyl (C=O) groups excluding carboxylic acids is 1. The molecule has 0 radical (unpaired) electrons. The van der Waals surface area contributed by atoms with Crippen molar-refractivity contribution < 1.29 is 23.4 Å². The Morgan fingerprint density at radius 1 is 1.40 bits per heavy atom. The summed E-state index contributed by atoms with van der Waals surface area (Å²) in [5, 5.41) is 10.0. The van der Waals surface area contributed by atoms with E-state index in [0.29, 0.717) is 25.1 Å². The zero-order valence-corrected chi connectivity index (χ0v) is 11.2. The fraction of sp³-hybridized carbons (Fsp3) is 0.500. The first-order valence-electron chi connectivity index (χ1n) is 6.50. The fourth-order valence-electron chi connectivity index (χ4n) is 2.39. The molecule has 20 heavy (non-hydrogen) atoms. The number of benzene rings is 1. The van der Waals surface area contributed by atoms with E-state index in [1.165, 1.54) is 24.3 Å². The van der Waals surface area contributed by atoms with Crippen LogP contribution >= 0.6 is 0 Å². The van der Waals surface area contributed by atoms with Crippen LogP contribution in [0.2, 0.25) is 0 Å². The monoisotopic (exact) mass is 285 g/mol. The van der Waals surface area contributed by atoms with Crippen LogP contribution in [0.15, 0.2) is 24.3 Å². The molecule has 1 aromatic carbocycles. The number of hydrogen-bond acceptors (Lipinski definition) is 3. The Labute approximate surface area is 116 Å². The molecule has 0 unspecified atom stereocenters. The smallest absolute Gasteiger partial charge is 0.387 e. The minimum absolute atomic E-state index is 0.0163.